The minimum Gasteiger partial charge on any atom is -0.382 e. The van der Waals surface area contributed by atoms with Crippen LogP contribution in [0.25, 0.3) is 16.7 Å². The number of hydrogen-bond acceptors (Lipinski definition) is 8. The van der Waals surface area contributed by atoms with Gasteiger partial charge in [0.15, 0.2) is 22.8 Å². The first kappa shape index (κ1) is 17.3. The van der Waals surface area contributed by atoms with Gasteiger partial charge in [-0.25, -0.2) is 4.98 Å². The standard InChI is InChI=1S/C17H14N8O3/c1-8-7-9(2)19-15-12(8)16-22-21-13(14(18)24(16)23-15)17(26)20-10-5-3-4-6-11(10)25(27)28/h3-7H,18H2,1-2H3,(H,20,26). The summed E-state index contributed by atoms with van der Waals surface area (Å²) in [7, 11) is 0. The summed E-state index contributed by atoms with van der Waals surface area (Å²) in [5.74, 6) is -0.780. The third kappa shape index (κ3) is 2.65. The molecular formula is C17H14N8O3. The zero-order valence-corrected chi connectivity index (χ0v) is 14.9. The average Bonchev–Trinajstić information content (AvgIpc) is 3.01. The van der Waals surface area contributed by atoms with Gasteiger partial charge < -0.3 is 11.1 Å². The van der Waals surface area contributed by atoms with E-state index in [1.165, 1.54) is 22.7 Å². The molecule has 11 nitrogen and oxygen atoms in total. The number of amides is 1. The number of para-hydroxylation sites is 2. The zero-order chi connectivity index (χ0) is 20.0. The van der Waals surface area contributed by atoms with Gasteiger partial charge in [0.2, 0.25) is 0 Å². The molecule has 4 aromatic rings. The lowest BCUT2D eigenvalue weighted by molar-refractivity contribution is -0.383. The highest BCUT2D eigenvalue weighted by atomic mass is 16.6. The van der Waals surface area contributed by atoms with Crippen molar-refractivity contribution in [1.29, 1.82) is 0 Å². The molecule has 4 rings (SSSR count). The maximum absolute atomic E-state index is 12.6. The molecule has 28 heavy (non-hydrogen) atoms. The number of carbonyl (C=O) groups excluding carboxylic acids is 1. The number of hydrogen-bond donors (Lipinski definition) is 2. The van der Waals surface area contributed by atoms with Gasteiger partial charge in [-0.1, -0.05) is 12.1 Å². The van der Waals surface area contributed by atoms with Crippen LogP contribution < -0.4 is 11.1 Å². The lowest BCUT2D eigenvalue weighted by Gasteiger charge is -2.07. The second-order valence-electron chi connectivity index (χ2n) is 6.18. The molecule has 0 saturated carbocycles. The Labute approximate surface area is 157 Å². The number of pyridine rings is 1. The van der Waals surface area contributed by atoms with E-state index in [9.17, 15) is 14.9 Å². The van der Waals surface area contributed by atoms with E-state index >= 15 is 0 Å². The Hall–Kier alpha value is -4.15. The lowest BCUT2D eigenvalue weighted by Crippen LogP contribution is -2.19. The number of nitro groups is 1. The highest BCUT2D eigenvalue weighted by molar-refractivity contribution is 6.07. The minimum atomic E-state index is -0.735. The molecule has 0 unspecified atom stereocenters. The fraction of sp³-hybridized carbons (Fsp3) is 0.118. The summed E-state index contributed by atoms with van der Waals surface area (Å²) in [4.78, 5) is 27.5. The molecule has 0 fully saturated rings. The summed E-state index contributed by atoms with van der Waals surface area (Å²) in [6, 6.07) is 7.65. The molecule has 1 aromatic carbocycles. The molecule has 0 saturated heterocycles. The van der Waals surface area contributed by atoms with E-state index in [2.05, 4.69) is 25.6 Å². The van der Waals surface area contributed by atoms with E-state index in [0.717, 1.165) is 11.3 Å². The highest BCUT2D eigenvalue weighted by Crippen LogP contribution is 2.26. The number of nitrogens with one attached hydrogen (secondary N) is 1. The number of anilines is 2. The van der Waals surface area contributed by atoms with Gasteiger partial charge in [0.25, 0.3) is 11.6 Å². The lowest BCUT2D eigenvalue weighted by atomic mass is 10.2. The Bertz CT molecular complexity index is 1280. The number of nitrogens with two attached hydrogens (primary N) is 1. The molecular weight excluding hydrogens is 364 g/mol. The summed E-state index contributed by atoms with van der Waals surface area (Å²) < 4.78 is 1.30. The Morgan fingerprint density at radius 1 is 1.25 bits per heavy atom. The van der Waals surface area contributed by atoms with Gasteiger partial charge >= 0.3 is 0 Å². The third-order valence-electron chi connectivity index (χ3n) is 4.22. The molecule has 3 aromatic heterocycles. The number of nitrogen functional groups attached to an aromatic ring is 1. The SMILES string of the molecule is Cc1cc(C)c2c(n1)nn1c(N)c(C(=O)Nc3ccccc3[N+](=O)[O-])nnc21. The molecule has 0 aliphatic carbocycles. The number of aromatic nitrogens is 5. The van der Waals surface area contributed by atoms with Gasteiger partial charge in [0.1, 0.15) is 5.69 Å². The molecule has 0 aliphatic heterocycles. The summed E-state index contributed by atoms with van der Waals surface area (Å²) in [5.41, 5.74) is 8.18. The Balaban J connectivity index is 1.81. The van der Waals surface area contributed by atoms with Crippen LogP contribution in [0.15, 0.2) is 30.3 Å². The van der Waals surface area contributed by atoms with Gasteiger partial charge in [-0.2, -0.15) is 4.52 Å². The van der Waals surface area contributed by atoms with E-state index in [1.54, 1.807) is 6.07 Å². The van der Waals surface area contributed by atoms with E-state index in [4.69, 9.17) is 5.73 Å². The van der Waals surface area contributed by atoms with Crippen LogP contribution in [0.5, 0.6) is 0 Å². The summed E-state index contributed by atoms with van der Waals surface area (Å²) in [6.45, 7) is 3.74. The minimum absolute atomic E-state index is 0.0255. The number of carbonyl (C=O) groups is 1. The first-order valence-corrected chi connectivity index (χ1v) is 8.20. The molecule has 3 N–H and O–H groups in total. The Morgan fingerprint density at radius 2 is 2.00 bits per heavy atom. The number of nitrogens with zero attached hydrogens (tertiary/aromatic N) is 6. The van der Waals surface area contributed by atoms with E-state index < -0.39 is 10.8 Å². The normalized spacial score (nSPS) is 11.1. The number of fused-ring (bicyclic) bond motifs is 3. The molecule has 1 amide bonds. The third-order valence-corrected chi connectivity index (χ3v) is 4.22. The summed E-state index contributed by atoms with van der Waals surface area (Å²) >= 11 is 0. The maximum atomic E-state index is 12.6. The van der Waals surface area contributed by atoms with Crippen LogP contribution in [-0.4, -0.2) is 35.6 Å². The van der Waals surface area contributed by atoms with Gasteiger partial charge in [-0.05, 0) is 31.5 Å². The van der Waals surface area contributed by atoms with Crippen molar-refractivity contribution in [3.8, 4) is 0 Å². The molecule has 140 valence electrons. The summed E-state index contributed by atoms with van der Waals surface area (Å²) in [6.07, 6.45) is 0. The van der Waals surface area contributed by atoms with E-state index in [1.807, 2.05) is 19.9 Å². The molecule has 0 bridgehead atoms. The number of rotatable bonds is 3. The smallest absolute Gasteiger partial charge is 0.292 e. The highest BCUT2D eigenvalue weighted by Gasteiger charge is 2.22. The van der Waals surface area contributed by atoms with Gasteiger partial charge in [-0.15, -0.1) is 15.3 Å². The van der Waals surface area contributed by atoms with Crippen molar-refractivity contribution < 1.29 is 9.72 Å². The Kier molecular flexibility index (Phi) is 3.84. The van der Waals surface area contributed by atoms with Crippen molar-refractivity contribution in [2.75, 3.05) is 11.1 Å². The maximum Gasteiger partial charge on any atom is 0.292 e. The van der Waals surface area contributed by atoms with Crippen molar-refractivity contribution in [1.82, 2.24) is 24.8 Å². The van der Waals surface area contributed by atoms with Crippen molar-refractivity contribution in [3.63, 3.8) is 0 Å². The molecule has 0 atom stereocenters. The molecule has 3 heterocycles. The molecule has 0 radical (unpaired) electrons. The van der Waals surface area contributed by atoms with Crippen LogP contribution in [0.4, 0.5) is 17.2 Å². The predicted molar refractivity (Wildman–Crippen MR) is 101 cm³/mol. The topological polar surface area (TPSA) is 154 Å². The van der Waals surface area contributed by atoms with Crippen LogP contribution in [-0.2, 0) is 0 Å². The first-order valence-electron chi connectivity index (χ1n) is 8.20. The van der Waals surface area contributed by atoms with Crippen LogP contribution in [0.3, 0.4) is 0 Å². The molecule has 0 spiro atoms. The summed E-state index contributed by atoms with van der Waals surface area (Å²) in [5, 5.41) is 26.6. The molecule has 11 heteroatoms. The van der Waals surface area contributed by atoms with Crippen molar-refractivity contribution in [2.24, 2.45) is 0 Å². The van der Waals surface area contributed by atoms with Crippen molar-refractivity contribution in [3.05, 3.63) is 57.4 Å². The van der Waals surface area contributed by atoms with Crippen LogP contribution >= 0.6 is 0 Å². The molecule has 0 aliphatic rings. The van der Waals surface area contributed by atoms with E-state index in [0.29, 0.717) is 16.7 Å². The van der Waals surface area contributed by atoms with Crippen LogP contribution in [0, 0.1) is 24.0 Å². The predicted octanol–water partition coefficient (Wildman–Crippen LogP) is 2.03. The largest absolute Gasteiger partial charge is 0.382 e. The quantitative estimate of drug-likeness (QED) is 0.405. The van der Waals surface area contributed by atoms with Crippen LogP contribution in [0.1, 0.15) is 21.7 Å². The number of nitro benzene ring substituents is 1. The van der Waals surface area contributed by atoms with Crippen molar-refractivity contribution in [2.45, 2.75) is 13.8 Å². The Morgan fingerprint density at radius 3 is 2.75 bits per heavy atom. The van der Waals surface area contributed by atoms with Gasteiger partial charge in [-0.3, -0.25) is 14.9 Å². The van der Waals surface area contributed by atoms with Gasteiger partial charge in [0.05, 0.1) is 10.3 Å². The van der Waals surface area contributed by atoms with Crippen LogP contribution in [0.2, 0.25) is 0 Å². The van der Waals surface area contributed by atoms with E-state index in [-0.39, 0.29) is 22.9 Å². The second-order valence-corrected chi connectivity index (χ2v) is 6.18. The second kappa shape index (κ2) is 6.23. The monoisotopic (exact) mass is 378 g/mol. The van der Waals surface area contributed by atoms with Crippen molar-refractivity contribution >= 4 is 39.8 Å². The average molecular weight is 378 g/mol. The zero-order valence-electron chi connectivity index (χ0n) is 14.9. The fourth-order valence-corrected chi connectivity index (χ4v) is 3.00. The fourth-order valence-electron chi connectivity index (χ4n) is 3.00. The van der Waals surface area contributed by atoms with Gasteiger partial charge in [0, 0.05) is 11.8 Å². The number of aryl methyl sites for hydroxylation is 2. The first-order chi connectivity index (χ1) is 13.4. The number of benzene rings is 1.